The summed E-state index contributed by atoms with van der Waals surface area (Å²) in [5, 5.41) is 20.0. The van der Waals surface area contributed by atoms with Crippen LogP contribution < -0.4 is 15.0 Å². The lowest BCUT2D eigenvalue weighted by molar-refractivity contribution is 0.125. The summed E-state index contributed by atoms with van der Waals surface area (Å²) >= 11 is 0. The number of nitriles is 1. The first kappa shape index (κ1) is 46.2. The highest BCUT2D eigenvalue weighted by Gasteiger charge is 2.33. The molecule has 5 rings (SSSR count). The molecule has 0 fully saturated rings. The fraction of sp³-hybridized carbons (Fsp3) is 0.405. The smallest absolute Gasteiger partial charge is 0.280 e. The van der Waals surface area contributed by atoms with Gasteiger partial charge in [-0.3, -0.25) is 9.78 Å². The van der Waals surface area contributed by atoms with Gasteiger partial charge in [0, 0.05) is 32.7 Å². The van der Waals surface area contributed by atoms with Crippen LogP contribution in [0.5, 0.6) is 11.5 Å². The Morgan fingerprint density at radius 3 is 1.96 bits per heavy atom. The predicted molar refractivity (Wildman–Crippen MR) is 227 cm³/mol. The first-order valence-corrected chi connectivity index (χ1v) is 20.0. The molecule has 0 saturated heterocycles. The Hall–Kier alpha value is -5.16. The first-order chi connectivity index (χ1) is 27.3. The lowest BCUT2D eigenvalue weighted by Crippen LogP contribution is -2.32. The average Bonchev–Trinajstić information content (AvgIpc) is 3.63. The number of nitrogens with zero attached hydrogens (tertiary/aromatic N) is 7. The summed E-state index contributed by atoms with van der Waals surface area (Å²) < 4.78 is 19.4. The topological polar surface area (TPSA) is 174 Å². The second-order valence-electron chi connectivity index (χ2n) is 13.7. The molecule has 306 valence electrons. The van der Waals surface area contributed by atoms with Crippen LogP contribution in [0.3, 0.4) is 0 Å². The Morgan fingerprint density at radius 2 is 1.49 bits per heavy atom. The number of aryl methyl sites for hydroxylation is 1. The van der Waals surface area contributed by atoms with E-state index in [0.29, 0.717) is 30.1 Å². The number of aliphatic hydroxyl groups is 1. The molecular weight excluding hydrogens is 743 g/mol. The molecule has 0 bridgehead atoms. The zero-order valence-electron chi connectivity index (χ0n) is 34.5. The minimum atomic E-state index is -1.55. The van der Waals surface area contributed by atoms with Gasteiger partial charge in [-0.2, -0.15) is 10.2 Å². The van der Waals surface area contributed by atoms with Gasteiger partial charge < -0.3 is 33.5 Å². The van der Waals surface area contributed by atoms with Crippen molar-refractivity contribution in [1.82, 2.24) is 29.1 Å². The van der Waals surface area contributed by atoms with Gasteiger partial charge in [-0.25, -0.2) is 14.6 Å². The van der Waals surface area contributed by atoms with Crippen molar-refractivity contribution in [2.75, 3.05) is 34.9 Å². The summed E-state index contributed by atoms with van der Waals surface area (Å²) in [4.78, 5) is 38.5. The molecule has 0 radical (unpaired) electrons. The Kier molecular flexibility index (Phi) is 18.8. The van der Waals surface area contributed by atoms with Gasteiger partial charge in [0.25, 0.3) is 14.1 Å². The number of ether oxygens (including phenoxy) is 2. The van der Waals surface area contributed by atoms with Gasteiger partial charge in [-0.15, -0.1) is 0 Å². The summed E-state index contributed by atoms with van der Waals surface area (Å²) in [6.07, 6.45) is 5.67. The Morgan fingerprint density at radius 1 is 0.947 bits per heavy atom. The van der Waals surface area contributed by atoms with Crippen molar-refractivity contribution in [3.05, 3.63) is 112 Å². The van der Waals surface area contributed by atoms with Crippen molar-refractivity contribution in [3.63, 3.8) is 0 Å². The number of benzene rings is 3. The summed E-state index contributed by atoms with van der Waals surface area (Å²) in [6, 6.07) is 27.1. The molecule has 14 nitrogen and oxygen atoms in total. The van der Waals surface area contributed by atoms with Crippen LogP contribution >= 0.6 is 8.53 Å². The van der Waals surface area contributed by atoms with Gasteiger partial charge >= 0.3 is 0 Å². The van der Waals surface area contributed by atoms with Crippen LogP contribution in [0, 0.1) is 11.3 Å². The summed E-state index contributed by atoms with van der Waals surface area (Å²) in [5.41, 5.74) is 1.80. The van der Waals surface area contributed by atoms with Gasteiger partial charge in [0.15, 0.2) is 11.2 Å². The minimum absolute atomic E-state index is 0.244. The van der Waals surface area contributed by atoms with Crippen molar-refractivity contribution in [2.24, 2.45) is 4.99 Å². The van der Waals surface area contributed by atoms with E-state index >= 15 is 0 Å². The van der Waals surface area contributed by atoms with Crippen LogP contribution in [0.1, 0.15) is 70.6 Å². The highest BCUT2D eigenvalue weighted by Crippen LogP contribution is 2.40. The minimum Gasteiger partial charge on any atom is -0.497 e. The zero-order valence-corrected chi connectivity index (χ0v) is 35.4. The summed E-state index contributed by atoms with van der Waals surface area (Å²) in [7, 11) is 5.41. The number of hydrogen-bond acceptors (Lipinski definition) is 11. The molecule has 0 aliphatic rings. The number of methoxy groups -OCH3 is 2. The number of fused-ring (bicyclic) bond motifs is 1. The van der Waals surface area contributed by atoms with E-state index in [1.54, 1.807) is 31.8 Å². The third kappa shape index (κ3) is 13.2. The number of aromatic amines is 1. The van der Waals surface area contributed by atoms with Crippen LogP contribution in [0.4, 0.5) is 5.95 Å². The van der Waals surface area contributed by atoms with Gasteiger partial charge in [-0.1, -0.05) is 67.9 Å². The van der Waals surface area contributed by atoms with E-state index < -0.39 is 14.1 Å². The molecule has 0 aliphatic heterocycles. The van der Waals surface area contributed by atoms with Crippen molar-refractivity contribution in [1.29, 1.82) is 5.26 Å². The van der Waals surface area contributed by atoms with Crippen LogP contribution in [-0.4, -0.2) is 92.4 Å². The molecule has 5 aromatic rings. The van der Waals surface area contributed by atoms with Gasteiger partial charge in [-0.05, 0) is 75.1 Å². The van der Waals surface area contributed by atoms with E-state index in [4.69, 9.17) is 19.3 Å². The molecule has 0 aliphatic carbocycles. The second kappa shape index (κ2) is 23.2. The molecular formula is C42H57N8O6P. The lowest BCUT2D eigenvalue weighted by atomic mass is 9.80. The first-order valence-electron chi connectivity index (χ1n) is 18.8. The van der Waals surface area contributed by atoms with E-state index in [1.165, 1.54) is 0 Å². The molecule has 0 saturated carbocycles. The van der Waals surface area contributed by atoms with Crippen LogP contribution in [0.2, 0.25) is 0 Å². The SMILES string of the molecule is CC(C)N(C(C)C)P(O)OCCC#N.CCCCn1cnc2c(=O)[nH]c(/N=C/N(C)C)nc21.COc1ccc(C(O)(c2ccccc2)c2ccc(OC)cc2)cc1. The maximum Gasteiger partial charge on any atom is 0.280 e. The number of H-pyrrole nitrogens is 1. The van der Waals surface area contributed by atoms with Gasteiger partial charge in [0.1, 0.15) is 17.1 Å². The summed E-state index contributed by atoms with van der Waals surface area (Å²) in [6.45, 7) is 11.3. The predicted octanol–water partition coefficient (Wildman–Crippen LogP) is 7.38. The molecule has 3 aromatic carbocycles. The normalized spacial score (nSPS) is 11.9. The quantitative estimate of drug-likeness (QED) is 0.0299. The summed E-state index contributed by atoms with van der Waals surface area (Å²) in [5.74, 6) is 1.80. The van der Waals surface area contributed by atoms with Crippen molar-refractivity contribution < 1.29 is 24.0 Å². The van der Waals surface area contributed by atoms with E-state index in [0.717, 1.165) is 47.6 Å². The van der Waals surface area contributed by atoms with E-state index in [-0.39, 0.29) is 17.6 Å². The highest BCUT2D eigenvalue weighted by atomic mass is 31.2. The maximum atomic E-state index is 11.9. The number of nitrogens with one attached hydrogen (secondary N) is 1. The second-order valence-corrected chi connectivity index (χ2v) is 14.9. The number of aliphatic imine (C=N–C) groups is 1. The average molecular weight is 801 g/mol. The standard InChI is InChI=1S/C21H20O3.C12H18N6O.C9H19N2O2P/c1-23-19-12-8-17(9-13-19)21(22,16-6-4-3-5-7-16)18-10-14-20(24-2)15-11-18;1-4-5-6-18-8-13-9-10(18)15-12(16-11(9)19)14-7-17(2)3;1-8(2)11(9(3)4)14(12)13-7-5-6-10/h3-15,22H,1-2H3;7-8H,4-6H2,1-3H3,(H,15,16,19);8-9,12H,5,7H2,1-4H3/b;14-7+;. The molecule has 2 heterocycles. The molecule has 15 heteroatoms. The Labute approximate surface area is 337 Å². The Bertz CT molecular complexity index is 1990. The number of aromatic nitrogens is 4. The monoisotopic (exact) mass is 800 g/mol. The van der Waals surface area contributed by atoms with E-state index in [2.05, 4.69) is 26.9 Å². The fourth-order valence-electron chi connectivity index (χ4n) is 5.74. The molecule has 0 spiro atoms. The van der Waals surface area contributed by atoms with Gasteiger partial charge in [0.05, 0.1) is 46.0 Å². The van der Waals surface area contributed by atoms with E-state index in [1.807, 2.05) is 136 Å². The zero-order chi connectivity index (χ0) is 42.0. The molecule has 2 aromatic heterocycles. The molecule has 0 amide bonds. The number of imidazole rings is 1. The molecule has 57 heavy (non-hydrogen) atoms. The van der Waals surface area contributed by atoms with Gasteiger partial charge in [0.2, 0.25) is 5.95 Å². The number of rotatable bonds is 16. The third-order valence-electron chi connectivity index (χ3n) is 8.51. The fourth-order valence-corrected chi connectivity index (χ4v) is 6.92. The van der Waals surface area contributed by atoms with Crippen LogP contribution in [-0.2, 0) is 16.7 Å². The molecule has 1 atom stereocenters. The van der Waals surface area contributed by atoms with Crippen LogP contribution in [0.25, 0.3) is 11.2 Å². The van der Waals surface area contributed by atoms with Crippen molar-refractivity contribution >= 4 is 32.0 Å². The highest BCUT2D eigenvalue weighted by molar-refractivity contribution is 7.43. The van der Waals surface area contributed by atoms with Crippen LogP contribution in [0.15, 0.2) is 95.0 Å². The largest absolute Gasteiger partial charge is 0.497 e. The van der Waals surface area contributed by atoms with Crippen molar-refractivity contribution in [3.8, 4) is 17.6 Å². The molecule has 1 unspecified atom stereocenters. The van der Waals surface area contributed by atoms with Crippen molar-refractivity contribution in [2.45, 2.75) is 78.1 Å². The molecule has 3 N–H and O–H groups in total. The van der Waals surface area contributed by atoms with E-state index in [9.17, 15) is 14.8 Å². The third-order valence-corrected chi connectivity index (χ3v) is 10.2. The number of unbranched alkanes of at least 4 members (excludes halogenated alkanes) is 1. The maximum absolute atomic E-state index is 11.9. The lowest BCUT2D eigenvalue weighted by Gasteiger charge is -2.32. The number of hydrogen-bond donors (Lipinski definition) is 3. The Balaban J connectivity index is 0.000000238.